The first kappa shape index (κ1) is 13.0. The Bertz CT molecular complexity index is 833. The number of carbonyl (C=O) groups is 1. The van der Waals surface area contributed by atoms with Crippen molar-refractivity contribution < 1.29 is 14.6 Å². The molecule has 2 heterocycles. The monoisotopic (exact) mass is 281 g/mol. The standard InChI is InChI=1S/C15H11N3O3/c1-9-6-13(14(19)20)18-15(17-9)21-11-7-10-4-2-3-5-12(10)16-8-11/h2-8H,1H3,(H,19,20). The molecule has 0 saturated heterocycles. The molecule has 3 rings (SSSR count). The number of pyridine rings is 1. The molecule has 0 amide bonds. The summed E-state index contributed by atoms with van der Waals surface area (Å²) in [6.07, 6.45) is 1.55. The number of aromatic nitrogens is 3. The van der Waals surface area contributed by atoms with Crippen molar-refractivity contribution >= 4 is 16.9 Å². The Balaban J connectivity index is 1.96. The van der Waals surface area contributed by atoms with E-state index in [0.29, 0.717) is 11.4 Å². The van der Waals surface area contributed by atoms with Crippen LogP contribution in [0.15, 0.2) is 42.6 Å². The van der Waals surface area contributed by atoms with E-state index in [-0.39, 0.29) is 11.7 Å². The molecule has 6 nitrogen and oxygen atoms in total. The van der Waals surface area contributed by atoms with E-state index in [0.717, 1.165) is 10.9 Å². The zero-order chi connectivity index (χ0) is 14.8. The minimum absolute atomic E-state index is 0.00974. The van der Waals surface area contributed by atoms with E-state index in [2.05, 4.69) is 15.0 Å². The first-order chi connectivity index (χ1) is 10.1. The van der Waals surface area contributed by atoms with Gasteiger partial charge in [0.1, 0.15) is 5.75 Å². The summed E-state index contributed by atoms with van der Waals surface area (Å²) in [4.78, 5) is 23.1. The molecule has 0 aliphatic rings. The number of hydrogen-bond donors (Lipinski definition) is 1. The highest BCUT2D eigenvalue weighted by Crippen LogP contribution is 2.22. The number of benzene rings is 1. The van der Waals surface area contributed by atoms with Gasteiger partial charge in [-0.1, -0.05) is 18.2 Å². The third-order valence-corrected chi connectivity index (χ3v) is 2.83. The molecule has 0 bridgehead atoms. The Labute approximate surface area is 120 Å². The topological polar surface area (TPSA) is 85.2 Å². The van der Waals surface area contributed by atoms with Crippen LogP contribution < -0.4 is 4.74 Å². The highest BCUT2D eigenvalue weighted by atomic mass is 16.5. The van der Waals surface area contributed by atoms with Gasteiger partial charge in [0, 0.05) is 11.1 Å². The Hall–Kier alpha value is -3.02. The molecule has 1 aromatic carbocycles. The Kier molecular flexibility index (Phi) is 3.19. The number of hydrogen-bond acceptors (Lipinski definition) is 5. The highest BCUT2D eigenvalue weighted by Gasteiger charge is 2.10. The van der Waals surface area contributed by atoms with Crippen LogP contribution in [0.5, 0.6) is 11.8 Å². The Morgan fingerprint density at radius 1 is 1.19 bits per heavy atom. The molecule has 0 fully saturated rings. The molecule has 0 saturated carbocycles. The number of rotatable bonds is 3. The van der Waals surface area contributed by atoms with Gasteiger partial charge in [0.05, 0.1) is 11.7 Å². The summed E-state index contributed by atoms with van der Waals surface area (Å²) in [7, 11) is 0. The van der Waals surface area contributed by atoms with Gasteiger partial charge in [0.25, 0.3) is 0 Å². The summed E-state index contributed by atoms with van der Waals surface area (Å²) in [6, 6.07) is 10.8. The number of aromatic carboxylic acids is 1. The third-order valence-electron chi connectivity index (χ3n) is 2.83. The van der Waals surface area contributed by atoms with E-state index in [1.807, 2.05) is 24.3 Å². The van der Waals surface area contributed by atoms with Crippen molar-refractivity contribution in [2.75, 3.05) is 0 Å². The van der Waals surface area contributed by atoms with Gasteiger partial charge in [-0.2, -0.15) is 4.98 Å². The van der Waals surface area contributed by atoms with Crippen LogP contribution in [-0.4, -0.2) is 26.0 Å². The Morgan fingerprint density at radius 2 is 2.00 bits per heavy atom. The second-order valence-corrected chi connectivity index (χ2v) is 4.45. The predicted octanol–water partition coefficient (Wildman–Crippen LogP) is 2.82. The number of carboxylic acids is 1. The van der Waals surface area contributed by atoms with E-state index < -0.39 is 5.97 Å². The summed E-state index contributed by atoms with van der Waals surface area (Å²) >= 11 is 0. The summed E-state index contributed by atoms with van der Waals surface area (Å²) in [5, 5.41) is 9.90. The van der Waals surface area contributed by atoms with Crippen LogP contribution in [0.1, 0.15) is 16.2 Å². The van der Waals surface area contributed by atoms with E-state index in [9.17, 15) is 4.79 Å². The van der Waals surface area contributed by atoms with E-state index in [1.165, 1.54) is 6.07 Å². The van der Waals surface area contributed by atoms with Gasteiger partial charge in [-0.3, -0.25) is 4.98 Å². The van der Waals surface area contributed by atoms with Crippen molar-refractivity contribution in [1.29, 1.82) is 0 Å². The zero-order valence-corrected chi connectivity index (χ0v) is 11.1. The van der Waals surface area contributed by atoms with Gasteiger partial charge in [0.15, 0.2) is 5.69 Å². The largest absolute Gasteiger partial charge is 0.477 e. The average molecular weight is 281 g/mol. The molecule has 0 atom stereocenters. The SMILES string of the molecule is Cc1cc(C(=O)O)nc(Oc2cnc3ccccc3c2)n1. The zero-order valence-electron chi connectivity index (χ0n) is 11.1. The van der Waals surface area contributed by atoms with E-state index >= 15 is 0 Å². The number of ether oxygens (including phenoxy) is 1. The molecule has 1 N–H and O–H groups in total. The molecule has 2 aromatic heterocycles. The van der Waals surface area contributed by atoms with Crippen LogP contribution in [0.4, 0.5) is 0 Å². The lowest BCUT2D eigenvalue weighted by molar-refractivity contribution is 0.0689. The molecule has 6 heteroatoms. The maximum absolute atomic E-state index is 11.0. The molecule has 0 aliphatic carbocycles. The molecule has 0 spiro atoms. The molecular weight excluding hydrogens is 270 g/mol. The summed E-state index contributed by atoms with van der Waals surface area (Å²) in [6.45, 7) is 1.68. The van der Waals surface area contributed by atoms with Gasteiger partial charge in [-0.05, 0) is 25.1 Å². The van der Waals surface area contributed by atoms with E-state index in [1.54, 1.807) is 19.2 Å². The van der Waals surface area contributed by atoms with Gasteiger partial charge in [-0.25, -0.2) is 9.78 Å². The van der Waals surface area contributed by atoms with E-state index in [4.69, 9.17) is 9.84 Å². The highest BCUT2D eigenvalue weighted by molar-refractivity contribution is 5.85. The van der Waals surface area contributed by atoms with Gasteiger partial charge in [0.2, 0.25) is 0 Å². The van der Waals surface area contributed by atoms with Crippen molar-refractivity contribution in [2.24, 2.45) is 0 Å². The Morgan fingerprint density at radius 3 is 2.81 bits per heavy atom. The fraction of sp³-hybridized carbons (Fsp3) is 0.0667. The van der Waals surface area contributed by atoms with Gasteiger partial charge >= 0.3 is 12.0 Å². The predicted molar refractivity (Wildman–Crippen MR) is 75.5 cm³/mol. The third kappa shape index (κ3) is 2.79. The van der Waals surface area contributed by atoms with Crippen LogP contribution in [0.25, 0.3) is 10.9 Å². The number of carboxylic acid groups (broad SMARTS) is 1. The fourth-order valence-electron chi connectivity index (χ4n) is 1.91. The molecule has 21 heavy (non-hydrogen) atoms. The number of aryl methyl sites for hydroxylation is 1. The van der Waals surface area contributed by atoms with Crippen LogP contribution in [0.2, 0.25) is 0 Å². The lowest BCUT2D eigenvalue weighted by Gasteiger charge is -2.06. The van der Waals surface area contributed by atoms with Crippen molar-refractivity contribution in [1.82, 2.24) is 15.0 Å². The molecule has 3 aromatic rings. The summed E-state index contributed by atoms with van der Waals surface area (Å²) in [5.74, 6) is -0.669. The minimum atomic E-state index is -1.12. The van der Waals surface area contributed by atoms with Crippen LogP contribution >= 0.6 is 0 Å². The molecule has 0 radical (unpaired) electrons. The maximum Gasteiger partial charge on any atom is 0.354 e. The quantitative estimate of drug-likeness (QED) is 0.794. The lowest BCUT2D eigenvalue weighted by Crippen LogP contribution is -2.04. The fourth-order valence-corrected chi connectivity index (χ4v) is 1.91. The number of nitrogens with zero attached hydrogens (tertiary/aromatic N) is 3. The average Bonchev–Trinajstić information content (AvgIpc) is 2.46. The smallest absolute Gasteiger partial charge is 0.354 e. The molecule has 0 unspecified atom stereocenters. The molecule has 0 aliphatic heterocycles. The van der Waals surface area contributed by atoms with Crippen molar-refractivity contribution in [3.05, 3.63) is 54.0 Å². The molecular formula is C15H11N3O3. The normalized spacial score (nSPS) is 10.5. The second-order valence-electron chi connectivity index (χ2n) is 4.45. The van der Waals surface area contributed by atoms with Crippen molar-refractivity contribution in [3.8, 4) is 11.8 Å². The summed E-state index contributed by atoms with van der Waals surface area (Å²) in [5.41, 5.74) is 1.26. The van der Waals surface area contributed by atoms with Crippen LogP contribution in [0.3, 0.4) is 0 Å². The van der Waals surface area contributed by atoms with Gasteiger partial charge in [-0.15, -0.1) is 0 Å². The molecule has 104 valence electrons. The number of fused-ring (bicyclic) bond motifs is 1. The first-order valence-corrected chi connectivity index (χ1v) is 6.23. The second kappa shape index (κ2) is 5.16. The van der Waals surface area contributed by atoms with Crippen molar-refractivity contribution in [3.63, 3.8) is 0 Å². The maximum atomic E-state index is 11.0. The minimum Gasteiger partial charge on any atom is -0.477 e. The van der Waals surface area contributed by atoms with Crippen LogP contribution in [-0.2, 0) is 0 Å². The van der Waals surface area contributed by atoms with Crippen molar-refractivity contribution in [2.45, 2.75) is 6.92 Å². The van der Waals surface area contributed by atoms with Gasteiger partial charge < -0.3 is 9.84 Å². The summed E-state index contributed by atoms with van der Waals surface area (Å²) < 4.78 is 5.51. The van der Waals surface area contributed by atoms with Crippen LogP contribution in [0, 0.1) is 6.92 Å². The lowest BCUT2D eigenvalue weighted by atomic mass is 10.2. The first-order valence-electron chi connectivity index (χ1n) is 6.23. The number of para-hydroxylation sites is 1.